The van der Waals surface area contributed by atoms with E-state index in [2.05, 4.69) is 10.9 Å². The molecule has 1 aliphatic rings. The van der Waals surface area contributed by atoms with E-state index in [1.165, 1.54) is 12.3 Å². The van der Waals surface area contributed by atoms with Crippen molar-refractivity contribution in [2.75, 3.05) is 19.8 Å². The van der Waals surface area contributed by atoms with Gasteiger partial charge in [-0.1, -0.05) is 32.6 Å². The zero-order valence-electron chi connectivity index (χ0n) is 15.8. The van der Waals surface area contributed by atoms with E-state index >= 15 is 0 Å². The van der Waals surface area contributed by atoms with E-state index in [1.807, 2.05) is 13.8 Å². The maximum atomic E-state index is 12.1. The highest BCUT2D eigenvalue weighted by Gasteiger charge is 2.56. The summed E-state index contributed by atoms with van der Waals surface area (Å²) in [5, 5.41) is 10.8. The van der Waals surface area contributed by atoms with Crippen molar-refractivity contribution in [1.82, 2.24) is 9.55 Å². The predicted molar refractivity (Wildman–Crippen MR) is 99.4 cm³/mol. The molecule has 2 rings (SSSR count). The number of nitrogens with one attached hydrogen (secondary N) is 1. The van der Waals surface area contributed by atoms with Crippen LogP contribution in [0.5, 0.6) is 0 Å². The van der Waals surface area contributed by atoms with Gasteiger partial charge < -0.3 is 19.3 Å². The molecular weight excluding hydrogens is 352 g/mol. The second kappa shape index (κ2) is 9.85. The Morgan fingerprint density at radius 1 is 1.33 bits per heavy atom. The molecule has 1 saturated heterocycles. The minimum Gasteiger partial charge on any atom is -0.386 e. The van der Waals surface area contributed by atoms with Gasteiger partial charge in [0.25, 0.3) is 5.56 Å². The number of H-pyrrole nitrogens is 1. The summed E-state index contributed by atoms with van der Waals surface area (Å²) in [5.74, 6) is 2.57. The van der Waals surface area contributed by atoms with Crippen LogP contribution in [0.3, 0.4) is 0 Å². The molecule has 1 aliphatic heterocycles. The minimum atomic E-state index is -1.33. The van der Waals surface area contributed by atoms with Gasteiger partial charge in [0, 0.05) is 25.5 Å². The molecule has 0 radical (unpaired) electrons. The fraction of sp³-hybridized carbons (Fsp3) is 0.684. The lowest BCUT2D eigenvalue weighted by molar-refractivity contribution is -0.119. The maximum absolute atomic E-state index is 12.1. The van der Waals surface area contributed by atoms with E-state index in [9.17, 15) is 14.7 Å². The number of aliphatic hydroxyl groups excluding tert-OH is 1. The standard InChI is InChI=1S/C19H28N2O6/c1-4-7-11-25-13-19(6-3)16(26-12-8-5-2)15(23)17(27-19)21-10-9-14(22)20-18(21)24/h3,9-10,15-17,23H,4-5,7-8,11-13H2,1-2H3,(H,20,22,24)/t15-,16+,17?,19?/m1/s1. The Morgan fingerprint density at radius 2 is 2.04 bits per heavy atom. The summed E-state index contributed by atoms with van der Waals surface area (Å²) in [4.78, 5) is 25.6. The maximum Gasteiger partial charge on any atom is 0.330 e. The highest BCUT2D eigenvalue weighted by atomic mass is 16.6. The summed E-state index contributed by atoms with van der Waals surface area (Å²) in [5.41, 5.74) is -2.56. The van der Waals surface area contributed by atoms with Gasteiger partial charge >= 0.3 is 5.69 Å². The molecule has 1 fully saturated rings. The van der Waals surface area contributed by atoms with Crippen LogP contribution in [0, 0.1) is 12.3 Å². The highest BCUT2D eigenvalue weighted by molar-refractivity contribution is 5.19. The largest absolute Gasteiger partial charge is 0.386 e. The van der Waals surface area contributed by atoms with Crippen molar-refractivity contribution in [3.8, 4) is 12.3 Å². The van der Waals surface area contributed by atoms with Gasteiger partial charge in [-0.3, -0.25) is 14.3 Å². The number of aromatic amines is 1. The first-order valence-corrected chi connectivity index (χ1v) is 9.33. The van der Waals surface area contributed by atoms with Crippen LogP contribution < -0.4 is 11.2 Å². The van der Waals surface area contributed by atoms with Crippen LogP contribution in [0.1, 0.15) is 45.8 Å². The molecule has 0 amide bonds. The van der Waals surface area contributed by atoms with E-state index in [0.717, 1.165) is 30.3 Å². The third-order valence-electron chi connectivity index (χ3n) is 4.52. The third kappa shape index (κ3) is 4.87. The Bertz CT molecular complexity index is 752. The van der Waals surface area contributed by atoms with Gasteiger partial charge in [0.05, 0.1) is 6.61 Å². The summed E-state index contributed by atoms with van der Waals surface area (Å²) < 4.78 is 18.6. The molecule has 0 aromatic carbocycles. The molecule has 150 valence electrons. The lowest BCUT2D eigenvalue weighted by atomic mass is 9.96. The van der Waals surface area contributed by atoms with Crippen molar-refractivity contribution < 1.29 is 19.3 Å². The number of rotatable bonds is 10. The topological polar surface area (TPSA) is 103 Å². The first kappa shape index (κ1) is 21.4. The number of hydrogen-bond acceptors (Lipinski definition) is 6. The third-order valence-corrected chi connectivity index (χ3v) is 4.52. The normalized spacial score (nSPS) is 27.6. The van der Waals surface area contributed by atoms with Crippen LogP contribution in [-0.2, 0) is 14.2 Å². The molecule has 2 unspecified atom stereocenters. The van der Waals surface area contributed by atoms with Crippen LogP contribution in [-0.4, -0.2) is 52.3 Å². The van der Waals surface area contributed by atoms with Gasteiger partial charge in [0.15, 0.2) is 11.8 Å². The van der Waals surface area contributed by atoms with Crippen LogP contribution in [0.2, 0.25) is 0 Å². The Morgan fingerprint density at radius 3 is 2.67 bits per heavy atom. The number of aliphatic hydroxyl groups is 1. The van der Waals surface area contributed by atoms with Crippen LogP contribution in [0.4, 0.5) is 0 Å². The van der Waals surface area contributed by atoms with E-state index in [-0.39, 0.29) is 6.61 Å². The van der Waals surface area contributed by atoms with Crippen LogP contribution in [0.15, 0.2) is 21.9 Å². The van der Waals surface area contributed by atoms with Crippen molar-refractivity contribution in [1.29, 1.82) is 0 Å². The lowest BCUT2D eigenvalue weighted by Gasteiger charge is -2.29. The molecule has 8 nitrogen and oxygen atoms in total. The van der Waals surface area contributed by atoms with Gasteiger partial charge in [0.2, 0.25) is 0 Å². The SMILES string of the molecule is C#CC1(COCCCC)OC(n2ccc(=O)[nH]c2=O)[C@H](O)[C@@H]1OCCCC. The quantitative estimate of drug-likeness (QED) is 0.460. The van der Waals surface area contributed by atoms with E-state index < -0.39 is 35.3 Å². The van der Waals surface area contributed by atoms with Gasteiger partial charge in [0.1, 0.15) is 12.2 Å². The Labute approximate surface area is 158 Å². The van der Waals surface area contributed by atoms with E-state index in [1.54, 1.807) is 0 Å². The van der Waals surface area contributed by atoms with Crippen LogP contribution >= 0.6 is 0 Å². The molecule has 4 atom stereocenters. The van der Waals surface area contributed by atoms with Gasteiger partial charge in [-0.2, -0.15) is 0 Å². The number of terminal acetylenes is 1. The molecule has 27 heavy (non-hydrogen) atoms. The average Bonchev–Trinajstić information content (AvgIpc) is 2.92. The van der Waals surface area contributed by atoms with Crippen molar-refractivity contribution >= 4 is 0 Å². The van der Waals surface area contributed by atoms with E-state index in [0.29, 0.717) is 13.2 Å². The molecule has 0 aliphatic carbocycles. The monoisotopic (exact) mass is 380 g/mol. The summed E-state index contributed by atoms with van der Waals surface area (Å²) in [6, 6.07) is 1.18. The predicted octanol–water partition coefficient (Wildman–Crippen LogP) is 0.800. The lowest BCUT2D eigenvalue weighted by Crippen LogP contribution is -2.47. The molecule has 2 heterocycles. The van der Waals surface area contributed by atoms with E-state index in [4.69, 9.17) is 20.6 Å². The van der Waals surface area contributed by atoms with Crippen molar-refractivity contribution in [2.45, 2.75) is 63.6 Å². The zero-order chi connectivity index (χ0) is 19.9. The fourth-order valence-corrected chi connectivity index (χ4v) is 2.96. The zero-order valence-corrected chi connectivity index (χ0v) is 15.8. The molecule has 2 N–H and O–H groups in total. The minimum absolute atomic E-state index is 0.0337. The second-order valence-corrected chi connectivity index (χ2v) is 6.60. The Balaban J connectivity index is 2.29. The van der Waals surface area contributed by atoms with Gasteiger partial charge in [-0.15, -0.1) is 6.42 Å². The molecular formula is C19H28N2O6. The number of unbranched alkanes of at least 4 members (excludes halogenated alkanes) is 2. The van der Waals surface area contributed by atoms with Crippen molar-refractivity contribution in [3.05, 3.63) is 33.1 Å². The highest BCUT2D eigenvalue weighted by Crippen LogP contribution is 2.38. The van der Waals surface area contributed by atoms with Crippen LogP contribution in [0.25, 0.3) is 0 Å². The average molecular weight is 380 g/mol. The summed E-state index contributed by atoms with van der Waals surface area (Å²) in [7, 11) is 0. The first-order chi connectivity index (χ1) is 13.0. The van der Waals surface area contributed by atoms with Gasteiger partial charge in [-0.25, -0.2) is 4.79 Å². The Hall–Kier alpha value is -1.92. The first-order valence-electron chi connectivity index (χ1n) is 9.33. The second-order valence-electron chi connectivity index (χ2n) is 6.60. The number of nitrogens with zero attached hydrogens (tertiary/aromatic N) is 1. The van der Waals surface area contributed by atoms with Crippen molar-refractivity contribution in [2.24, 2.45) is 0 Å². The van der Waals surface area contributed by atoms with Crippen molar-refractivity contribution in [3.63, 3.8) is 0 Å². The molecule has 0 bridgehead atoms. The van der Waals surface area contributed by atoms with Gasteiger partial charge in [-0.05, 0) is 12.8 Å². The number of hydrogen-bond donors (Lipinski definition) is 2. The summed E-state index contributed by atoms with van der Waals surface area (Å²) in [6.45, 7) is 5.00. The molecule has 8 heteroatoms. The molecule has 1 aromatic heterocycles. The summed E-state index contributed by atoms with van der Waals surface area (Å²) >= 11 is 0. The fourth-order valence-electron chi connectivity index (χ4n) is 2.96. The smallest absolute Gasteiger partial charge is 0.330 e. The summed E-state index contributed by atoms with van der Waals surface area (Å²) in [6.07, 6.45) is 7.42. The molecule has 0 saturated carbocycles. The molecule has 0 spiro atoms. The number of ether oxygens (including phenoxy) is 3. The Kier molecular flexibility index (Phi) is 7.80. The molecule has 1 aromatic rings. The number of aromatic nitrogens is 2.